The summed E-state index contributed by atoms with van der Waals surface area (Å²) in [5.74, 6) is -4.19. The van der Waals surface area contributed by atoms with Crippen molar-refractivity contribution in [3.63, 3.8) is 0 Å². The van der Waals surface area contributed by atoms with E-state index in [-0.39, 0.29) is 13.0 Å². The molecule has 0 bridgehead atoms. The van der Waals surface area contributed by atoms with Crippen molar-refractivity contribution in [3.8, 4) is 5.75 Å². The molecular formula is C16H15F3N2O2. The number of anilines is 2. The molecule has 0 aliphatic rings. The highest BCUT2D eigenvalue weighted by atomic mass is 19.2. The minimum Gasteiger partial charge on any atom is -0.497 e. The molecule has 0 atom stereocenters. The van der Waals surface area contributed by atoms with E-state index in [0.717, 1.165) is 17.8 Å². The Morgan fingerprint density at radius 3 is 2.65 bits per heavy atom. The number of hydrogen-bond donors (Lipinski definition) is 2. The van der Waals surface area contributed by atoms with E-state index in [2.05, 4.69) is 10.6 Å². The van der Waals surface area contributed by atoms with Crippen molar-refractivity contribution in [2.75, 3.05) is 24.3 Å². The van der Waals surface area contributed by atoms with Crippen molar-refractivity contribution in [1.29, 1.82) is 0 Å². The molecule has 7 heteroatoms. The number of benzene rings is 2. The number of carbonyl (C=O) groups excluding carboxylic acids is 1. The average Bonchev–Trinajstić information content (AvgIpc) is 2.55. The molecule has 23 heavy (non-hydrogen) atoms. The van der Waals surface area contributed by atoms with Gasteiger partial charge in [-0.15, -0.1) is 0 Å². The maximum absolute atomic E-state index is 13.4. The van der Waals surface area contributed by atoms with E-state index >= 15 is 0 Å². The summed E-state index contributed by atoms with van der Waals surface area (Å²) in [6, 6.07) is 8.85. The van der Waals surface area contributed by atoms with Crippen LogP contribution in [-0.4, -0.2) is 19.6 Å². The monoisotopic (exact) mass is 324 g/mol. The van der Waals surface area contributed by atoms with Crippen LogP contribution in [0.5, 0.6) is 5.75 Å². The van der Waals surface area contributed by atoms with Gasteiger partial charge in [0.1, 0.15) is 5.75 Å². The second-order valence-corrected chi connectivity index (χ2v) is 4.68. The molecule has 2 aromatic rings. The maximum atomic E-state index is 13.4. The number of rotatable bonds is 6. The predicted octanol–water partition coefficient (Wildman–Crippen LogP) is 3.55. The summed E-state index contributed by atoms with van der Waals surface area (Å²) < 4.78 is 44.4. The lowest BCUT2D eigenvalue weighted by Crippen LogP contribution is -2.17. The van der Waals surface area contributed by atoms with Crippen molar-refractivity contribution in [3.05, 3.63) is 53.8 Å². The van der Waals surface area contributed by atoms with Gasteiger partial charge in [0.2, 0.25) is 5.91 Å². The topological polar surface area (TPSA) is 50.4 Å². The summed E-state index contributed by atoms with van der Waals surface area (Å²) in [7, 11) is 1.54. The first kappa shape index (κ1) is 16.7. The molecule has 0 unspecified atom stereocenters. The third-order valence-electron chi connectivity index (χ3n) is 3.06. The summed E-state index contributed by atoms with van der Waals surface area (Å²) in [4.78, 5) is 11.7. The van der Waals surface area contributed by atoms with Crippen LogP contribution in [0.25, 0.3) is 0 Å². The Balaban J connectivity index is 1.87. The van der Waals surface area contributed by atoms with Gasteiger partial charge < -0.3 is 15.4 Å². The molecule has 0 saturated carbocycles. The second kappa shape index (κ2) is 7.53. The Morgan fingerprint density at radius 1 is 1.13 bits per heavy atom. The molecule has 122 valence electrons. The van der Waals surface area contributed by atoms with Gasteiger partial charge in [-0.25, -0.2) is 13.2 Å². The number of halogens is 3. The third-order valence-corrected chi connectivity index (χ3v) is 3.06. The van der Waals surface area contributed by atoms with Crippen molar-refractivity contribution in [1.82, 2.24) is 0 Å². The van der Waals surface area contributed by atoms with E-state index in [4.69, 9.17) is 4.74 Å². The average molecular weight is 324 g/mol. The van der Waals surface area contributed by atoms with E-state index in [0.29, 0.717) is 5.75 Å². The van der Waals surface area contributed by atoms with Crippen LogP contribution in [0.3, 0.4) is 0 Å². The molecule has 0 spiro atoms. The fourth-order valence-corrected chi connectivity index (χ4v) is 1.89. The van der Waals surface area contributed by atoms with Crippen LogP contribution in [0.2, 0.25) is 0 Å². The van der Waals surface area contributed by atoms with Gasteiger partial charge in [-0.2, -0.15) is 0 Å². The number of carbonyl (C=O) groups is 1. The highest BCUT2D eigenvalue weighted by Crippen LogP contribution is 2.20. The maximum Gasteiger partial charge on any atom is 0.226 e. The fraction of sp³-hybridized carbons (Fsp3) is 0.188. The molecule has 0 fully saturated rings. The van der Waals surface area contributed by atoms with Crippen LogP contribution in [-0.2, 0) is 4.79 Å². The Hall–Kier alpha value is -2.70. The molecule has 0 aromatic heterocycles. The minimum atomic E-state index is -1.61. The third kappa shape index (κ3) is 4.38. The fourth-order valence-electron chi connectivity index (χ4n) is 1.89. The number of amides is 1. The number of ether oxygens (including phenoxy) is 1. The van der Waals surface area contributed by atoms with Crippen LogP contribution >= 0.6 is 0 Å². The molecule has 2 aromatic carbocycles. The van der Waals surface area contributed by atoms with Crippen molar-refractivity contribution < 1.29 is 22.7 Å². The van der Waals surface area contributed by atoms with Crippen LogP contribution < -0.4 is 15.4 Å². The van der Waals surface area contributed by atoms with Gasteiger partial charge in [-0.05, 0) is 24.3 Å². The molecular weight excluding hydrogens is 309 g/mol. The SMILES string of the molecule is COc1cccc(NCCC(=O)Nc2ccc(F)c(F)c2F)c1. The predicted molar refractivity (Wildman–Crippen MR) is 81.0 cm³/mol. The molecule has 0 aliphatic heterocycles. The summed E-state index contributed by atoms with van der Waals surface area (Å²) in [6.45, 7) is 0.282. The van der Waals surface area contributed by atoms with Gasteiger partial charge in [0, 0.05) is 24.7 Å². The van der Waals surface area contributed by atoms with Crippen LogP contribution in [0.1, 0.15) is 6.42 Å². The first-order valence-corrected chi connectivity index (χ1v) is 6.82. The van der Waals surface area contributed by atoms with E-state index < -0.39 is 29.0 Å². The minimum absolute atomic E-state index is 0.0235. The Morgan fingerprint density at radius 2 is 1.91 bits per heavy atom. The quantitative estimate of drug-likeness (QED) is 0.799. The van der Waals surface area contributed by atoms with Crippen molar-refractivity contribution in [2.45, 2.75) is 6.42 Å². The standard InChI is InChI=1S/C16H15F3N2O2/c1-23-11-4-2-3-10(9-11)20-8-7-14(22)21-13-6-5-12(17)15(18)16(13)19/h2-6,9,20H,7-8H2,1H3,(H,21,22). The smallest absolute Gasteiger partial charge is 0.226 e. The van der Waals surface area contributed by atoms with E-state index in [1.165, 1.54) is 0 Å². The van der Waals surface area contributed by atoms with Gasteiger partial charge in [0.15, 0.2) is 17.5 Å². The van der Waals surface area contributed by atoms with E-state index in [9.17, 15) is 18.0 Å². The summed E-state index contributed by atoms with van der Waals surface area (Å²) in [6.07, 6.45) is 0.0235. The first-order chi connectivity index (χ1) is 11.0. The van der Waals surface area contributed by atoms with Gasteiger partial charge in [-0.3, -0.25) is 4.79 Å². The second-order valence-electron chi connectivity index (χ2n) is 4.68. The highest BCUT2D eigenvalue weighted by molar-refractivity contribution is 5.91. The van der Waals surface area contributed by atoms with Gasteiger partial charge in [0.25, 0.3) is 0 Å². The lowest BCUT2D eigenvalue weighted by atomic mass is 10.2. The zero-order chi connectivity index (χ0) is 16.8. The zero-order valence-corrected chi connectivity index (χ0v) is 12.3. The van der Waals surface area contributed by atoms with Crippen LogP contribution in [0.4, 0.5) is 24.5 Å². The normalized spacial score (nSPS) is 10.3. The highest BCUT2D eigenvalue weighted by Gasteiger charge is 2.14. The van der Waals surface area contributed by atoms with Gasteiger partial charge in [-0.1, -0.05) is 6.07 Å². The Labute approximate surface area is 131 Å². The Kier molecular flexibility index (Phi) is 5.46. The molecule has 0 heterocycles. The molecule has 0 radical (unpaired) electrons. The number of nitrogens with one attached hydrogen (secondary N) is 2. The van der Waals surface area contributed by atoms with Gasteiger partial charge in [0.05, 0.1) is 12.8 Å². The molecule has 2 rings (SSSR count). The molecule has 0 aliphatic carbocycles. The molecule has 4 nitrogen and oxygen atoms in total. The first-order valence-electron chi connectivity index (χ1n) is 6.82. The van der Waals surface area contributed by atoms with Crippen molar-refractivity contribution >= 4 is 17.3 Å². The number of methoxy groups -OCH3 is 1. The molecule has 1 amide bonds. The van der Waals surface area contributed by atoms with Crippen molar-refractivity contribution in [2.24, 2.45) is 0 Å². The van der Waals surface area contributed by atoms with Crippen LogP contribution in [0.15, 0.2) is 36.4 Å². The lowest BCUT2D eigenvalue weighted by molar-refractivity contribution is -0.116. The largest absolute Gasteiger partial charge is 0.497 e. The molecule has 0 saturated heterocycles. The zero-order valence-electron chi connectivity index (χ0n) is 12.3. The van der Waals surface area contributed by atoms with E-state index in [1.54, 1.807) is 31.4 Å². The summed E-state index contributed by atoms with van der Waals surface area (Å²) in [5, 5.41) is 5.20. The summed E-state index contributed by atoms with van der Waals surface area (Å²) in [5.41, 5.74) is 0.367. The molecule has 2 N–H and O–H groups in total. The lowest BCUT2D eigenvalue weighted by Gasteiger charge is -2.09. The number of hydrogen-bond acceptors (Lipinski definition) is 3. The van der Waals surface area contributed by atoms with Gasteiger partial charge >= 0.3 is 0 Å². The summed E-state index contributed by atoms with van der Waals surface area (Å²) >= 11 is 0. The van der Waals surface area contributed by atoms with Crippen LogP contribution in [0, 0.1) is 17.5 Å². The van der Waals surface area contributed by atoms with E-state index in [1.807, 2.05) is 0 Å². The Bertz CT molecular complexity index is 708.